The van der Waals surface area contributed by atoms with Crippen LogP contribution in [0.2, 0.25) is 0 Å². The molecule has 0 aliphatic carbocycles. The van der Waals surface area contributed by atoms with Crippen molar-refractivity contribution in [1.29, 1.82) is 0 Å². The third-order valence-corrected chi connectivity index (χ3v) is 4.74. The molecule has 2 heterocycles. The largest absolute Gasteiger partial charge is 0.398 e. The average Bonchev–Trinajstić information content (AvgIpc) is 2.42. The van der Waals surface area contributed by atoms with Gasteiger partial charge in [0.15, 0.2) is 0 Å². The second-order valence-electron chi connectivity index (χ2n) is 6.12. The van der Waals surface area contributed by atoms with E-state index in [9.17, 15) is 0 Å². The number of benzene rings is 1. The van der Waals surface area contributed by atoms with Crippen molar-refractivity contribution in [2.45, 2.75) is 44.8 Å². The van der Waals surface area contributed by atoms with Crippen LogP contribution in [0.5, 0.6) is 0 Å². The lowest BCUT2D eigenvalue weighted by Crippen LogP contribution is -2.58. The summed E-state index contributed by atoms with van der Waals surface area (Å²) in [5, 5.41) is 0. The van der Waals surface area contributed by atoms with Crippen LogP contribution in [-0.2, 0) is 6.54 Å². The molecule has 3 nitrogen and oxygen atoms in total. The van der Waals surface area contributed by atoms with E-state index in [4.69, 9.17) is 5.73 Å². The third-order valence-electron chi connectivity index (χ3n) is 4.74. The van der Waals surface area contributed by atoms with Crippen molar-refractivity contribution >= 4 is 5.69 Å². The quantitative estimate of drug-likeness (QED) is 0.827. The van der Waals surface area contributed by atoms with E-state index in [1.165, 1.54) is 44.5 Å². The summed E-state index contributed by atoms with van der Waals surface area (Å²) in [5.41, 5.74) is 8.29. The molecule has 0 aromatic heterocycles. The van der Waals surface area contributed by atoms with Crippen molar-refractivity contribution in [1.82, 2.24) is 9.80 Å². The predicted octanol–water partition coefficient (Wildman–Crippen LogP) is 2.33. The van der Waals surface area contributed by atoms with Crippen LogP contribution in [-0.4, -0.2) is 41.5 Å². The Morgan fingerprint density at radius 1 is 1.21 bits per heavy atom. The number of piperidine rings is 1. The lowest BCUT2D eigenvalue weighted by Gasteiger charge is -2.47. The number of para-hydroxylation sites is 1. The maximum absolute atomic E-state index is 6.08. The van der Waals surface area contributed by atoms with E-state index in [1.54, 1.807) is 0 Å². The number of nitrogens with two attached hydrogens (primary N) is 1. The lowest BCUT2D eigenvalue weighted by atomic mass is 9.96. The first-order chi connectivity index (χ1) is 9.24. The number of fused-ring (bicyclic) bond motifs is 1. The fourth-order valence-electron chi connectivity index (χ4n) is 3.53. The van der Waals surface area contributed by atoms with Crippen molar-refractivity contribution in [3.63, 3.8) is 0 Å². The molecule has 2 atom stereocenters. The molecule has 1 aromatic rings. The van der Waals surface area contributed by atoms with Gasteiger partial charge in [0.25, 0.3) is 0 Å². The minimum Gasteiger partial charge on any atom is -0.398 e. The van der Waals surface area contributed by atoms with Gasteiger partial charge < -0.3 is 5.73 Å². The van der Waals surface area contributed by atoms with Crippen LogP contribution in [0.4, 0.5) is 5.69 Å². The molecule has 2 saturated heterocycles. The molecular weight excluding hydrogens is 234 g/mol. The highest BCUT2D eigenvalue weighted by Crippen LogP contribution is 2.26. The Bertz CT molecular complexity index is 432. The molecular formula is C16H25N3. The summed E-state index contributed by atoms with van der Waals surface area (Å²) >= 11 is 0. The van der Waals surface area contributed by atoms with Gasteiger partial charge in [-0.15, -0.1) is 0 Å². The molecule has 0 spiro atoms. The van der Waals surface area contributed by atoms with Crippen molar-refractivity contribution < 1.29 is 0 Å². The van der Waals surface area contributed by atoms with Crippen LogP contribution >= 0.6 is 0 Å². The van der Waals surface area contributed by atoms with Gasteiger partial charge in [0, 0.05) is 37.4 Å². The fraction of sp³-hybridized carbons (Fsp3) is 0.625. The predicted molar refractivity (Wildman–Crippen MR) is 79.9 cm³/mol. The smallest absolute Gasteiger partial charge is 0.0359 e. The van der Waals surface area contributed by atoms with Gasteiger partial charge in [-0.1, -0.05) is 24.6 Å². The highest BCUT2D eigenvalue weighted by Gasteiger charge is 2.32. The summed E-state index contributed by atoms with van der Waals surface area (Å²) in [5.74, 6) is 0. The number of nitrogens with zero attached hydrogens (tertiary/aromatic N) is 2. The van der Waals surface area contributed by atoms with E-state index in [-0.39, 0.29) is 0 Å². The van der Waals surface area contributed by atoms with Crippen LogP contribution in [0, 0.1) is 0 Å². The van der Waals surface area contributed by atoms with E-state index >= 15 is 0 Å². The Kier molecular flexibility index (Phi) is 3.76. The van der Waals surface area contributed by atoms with Crippen molar-refractivity contribution in [3.8, 4) is 0 Å². The summed E-state index contributed by atoms with van der Waals surface area (Å²) < 4.78 is 0. The zero-order valence-corrected chi connectivity index (χ0v) is 11.9. The fourth-order valence-corrected chi connectivity index (χ4v) is 3.53. The van der Waals surface area contributed by atoms with E-state index in [1.807, 2.05) is 12.1 Å². The van der Waals surface area contributed by atoms with E-state index in [2.05, 4.69) is 28.9 Å². The first-order valence-electron chi connectivity index (χ1n) is 7.55. The standard InChI is InChI=1S/C16H25N3/c1-13-10-18-9-5-4-7-15(18)12-19(13)11-14-6-2-3-8-16(14)17/h2-3,6,8,13,15H,4-5,7,9-12,17H2,1H3. The summed E-state index contributed by atoms with van der Waals surface area (Å²) in [6.07, 6.45) is 4.15. The molecule has 2 aliphatic heterocycles. The maximum Gasteiger partial charge on any atom is 0.0359 e. The van der Waals surface area contributed by atoms with Gasteiger partial charge in [-0.3, -0.25) is 9.80 Å². The van der Waals surface area contributed by atoms with Crippen LogP contribution in [0.1, 0.15) is 31.7 Å². The molecule has 2 aliphatic rings. The Balaban J connectivity index is 1.69. The van der Waals surface area contributed by atoms with Gasteiger partial charge in [0.2, 0.25) is 0 Å². The lowest BCUT2D eigenvalue weighted by molar-refractivity contribution is 0.0112. The average molecular weight is 259 g/mol. The molecule has 1 aromatic carbocycles. The van der Waals surface area contributed by atoms with Gasteiger partial charge in [-0.05, 0) is 37.9 Å². The monoisotopic (exact) mass is 259 g/mol. The summed E-state index contributed by atoms with van der Waals surface area (Å²) in [6.45, 7) is 7.07. The molecule has 19 heavy (non-hydrogen) atoms. The topological polar surface area (TPSA) is 32.5 Å². The number of hydrogen-bond donors (Lipinski definition) is 1. The molecule has 104 valence electrons. The van der Waals surface area contributed by atoms with E-state index in [0.717, 1.165) is 18.3 Å². The molecule has 0 radical (unpaired) electrons. The first kappa shape index (κ1) is 12.9. The number of anilines is 1. The summed E-state index contributed by atoms with van der Waals surface area (Å²) in [4.78, 5) is 5.30. The second kappa shape index (κ2) is 5.51. The Morgan fingerprint density at radius 3 is 2.89 bits per heavy atom. The number of hydrogen-bond acceptors (Lipinski definition) is 3. The second-order valence-corrected chi connectivity index (χ2v) is 6.12. The number of piperazine rings is 1. The molecule has 2 N–H and O–H groups in total. The Hall–Kier alpha value is -1.06. The van der Waals surface area contributed by atoms with Gasteiger partial charge in [0.05, 0.1) is 0 Å². The van der Waals surface area contributed by atoms with Crippen molar-refractivity contribution in [3.05, 3.63) is 29.8 Å². The normalized spacial score (nSPS) is 29.1. The van der Waals surface area contributed by atoms with Crippen LogP contribution < -0.4 is 5.73 Å². The highest BCUT2D eigenvalue weighted by atomic mass is 15.3. The van der Waals surface area contributed by atoms with Crippen LogP contribution in [0.3, 0.4) is 0 Å². The molecule has 0 saturated carbocycles. The molecule has 3 heteroatoms. The van der Waals surface area contributed by atoms with Gasteiger partial charge >= 0.3 is 0 Å². The summed E-state index contributed by atoms with van der Waals surface area (Å²) in [6, 6.07) is 9.68. The molecule has 0 bridgehead atoms. The zero-order valence-electron chi connectivity index (χ0n) is 11.9. The minimum absolute atomic E-state index is 0.633. The molecule has 2 unspecified atom stereocenters. The van der Waals surface area contributed by atoms with E-state index in [0.29, 0.717) is 6.04 Å². The van der Waals surface area contributed by atoms with Gasteiger partial charge in [0.1, 0.15) is 0 Å². The first-order valence-corrected chi connectivity index (χ1v) is 7.55. The van der Waals surface area contributed by atoms with E-state index < -0.39 is 0 Å². The zero-order chi connectivity index (χ0) is 13.2. The Labute approximate surface area is 116 Å². The maximum atomic E-state index is 6.08. The van der Waals surface area contributed by atoms with Crippen LogP contribution in [0.25, 0.3) is 0 Å². The number of rotatable bonds is 2. The Morgan fingerprint density at radius 2 is 2.05 bits per heavy atom. The molecule has 2 fully saturated rings. The van der Waals surface area contributed by atoms with Gasteiger partial charge in [-0.2, -0.15) is 0 Å². The van der Waals surface area contributed by atoms with Gasteiger partial charge in [-0.25, -0.2) is 0 Å². The highest BCUT2D eigenvalue weighted by molar-refractivity contribution is 5.46. The van der Waals surface area contributed by atoms with Crippen molar-refractivity contribution in [2.24, 2.45) is 0 Å². The van der Waals surface area contributed by atoms with Crippen LogP contribution in [0.15, 0.2) is 24.3 Å². The van der Waals surface area contributed by atoms with Crippen molar-refractivity contribution in [2.75, 3.05) is 25.4 Å². The number of nitrogen functional groups attached to an aromatic ring is 1. The minimum atomic E-state index is 0.633. The summed E-state index contributed by atoms with van der Waals surface area (Å²) in [7, 11) is 0. The third kappa shape index (κ3) is 2.77. The molecule has 0 amide bonds. The SMILES string of the molecule is CC1CN2CCCCC2CN1Cc1ccccc1N. The molecule has 3 rings (SSSR count).